The van der Waals surface area contributed by atoms with E-state index in [-0.39, 0.29) is 11.4 Å². The van der Waals surface area contributed by atoms with Crippen LogP contribution in [0.25, 0.3) is 0 Å². The molecule has 4 rings (SSSR count). The van der Waals surface area contributed by atoms with Crippen LogP contribution in [0.1, 0.15) is 16.6 Å². The molecule has 0 radical (unpaired) electrons. The number of rotatable bonds is 6. The summed E-state index contributed by atoms with van der Waals surface area (Å²) < 4.78 is 63.1. The zero-order valence-corrected chi connectivity index (χ0v) is 18.3. The molecule has 1 unspecified atom stereocenters. The van der Waals surface area contributed by atoms with Crippen molar-refractivity contribution >= 4 is 23.7 Å². The van der Waals surface area contributed by atoms with Crippen molar-refractivity contribution < 1.29 is 56.4 Å². The van der Waals surface area contributed by atoms with E-state index in [1.165, 1.54) is 12.3 Å². The average molecular weight is 527 g/mol. The van der Waals surface area contributed by atoms with Crippen LogP contribution >= 0.6 is 0 Å². The second kappa shape index (κ2) is 10.3. The van der Waals surface area contributed by atoms with Gasteiger partial charge in [0.25, 0.3) is 0 Å². The minimum absolute atomic E-state index is 0.128. The number of nitrogens with one attached hydrogen (secondary N) is 1. The Bertz CT molecular complexity index is 1280. The van der Waals surface area contributed by atoms with Crippen LogP contribution in [0.15, 0.2) is 53.5 Å². The molecule has 16 heteroatoms. The molecule has 2 aliphatic rings. The standard InChI is InChI=1S/C21H16F3N3O10/c22-21(23,24)37-11-3-1-10(2-4-11)19(30)33-9-12-16-17(36-15(29)6-5-14(28)35-16)18(34-12)27-8-7-13(26-32)25-20(27)31/h1-8,12,16-18,32H,9H2,(H,25,26,31)/b6-5-/t12-,16?,17-,18-/m1/s1. The van der Waals surface area contributed by atoms with Crippen LogP contribution in [-0.2, 0) is 28.5 Å². The zero-order chi connectivity index (χ0) is 26.7. The number of alkyl halides is 3. The van der Waals surface area contributed by atoms with Gasteiger partial charge in [-0.1, -0.05) is 0 Å². The first kappa shape index (κ1) is 25.6. The zero-order valence-electron chi connectivity index (χ0n) is 18.3. The van der Waals surface area contributed by atoms with Crippen LogP contribution in [0.4, 0.5) is 19.0 Å². The minimum atomic E-state index is -4.91. The molecule has 4 atom stereocenters. The number of hydrogen-bond acceptors (Lipinski definition) is 12. The van der Waals surface area contributed by atoms with E-state index in [2.05, 4.69) is 9.72 Å². The second-order valence-corrected chi connectivity index (χ2v) is 7.49. The van der Waals surface area contributed by atoms with Gasteiger partial charge in [0, 0.05) is 18.3 Å². The first-order valence-corrected chi connectivity index (χ1v) is 10.3. The summed E-state index contributed by atoms with van der Waals surface area (Å²) >= 11 is 0. The highest BCUT2D eigenvalue weighted by Gasteiger charge is 2.51. The molecule has 0 spiro atoms. The number of aromatic nitrogens is 2. The van der Waals surface area contributed by atoms with Crippen LogP contribution in [0.2, 0.25) is 0 Å². The lowest BCUT2D eigenvalue weighted by atomic mass is 10.1. The van der Waals surface area contributed by atoms with E-state index >= 15 is 0 Å². The Morgan fingerprint density at radius 3 is 2.30 bits per heavy atom. The maximum atomic E-state index is 12.4. The van der Waals surface area contributed by atoms with Gasteiger partial charge in [0.1, 0.15) is 18.5 Å². The number of hydrogen-bond donors (Lipinski definition) is 2. The van der Waals surface area contributed by atoms with Gasteiger partial charge in [-0.15, -0.1) is 13.2 Å². The highest BCUT2D eigenvalue weighted by Crippen LogP contribution is 2.34. The Hall–Kier alpha value is -4.44. The maximum Gasteiger partial charge on any atom is 0.573 e. The molecule has 196 valence electrons. The molecular formula is C21H16F3N3O10. The molecule has 0 amide bonds. The number of nitrogens with zero attached hydrogens (tertiary/aromatic N) is 2. The van der Waals surface area contributed by atoms with Gasteiger partial charge in [0.05, 0.1) is 5.56 Å². The molecule has 1 aromatic heterocycles. The monoisotopic (exact) mass is 527 g/mol. The number of fused-ring (bicyclic) bond motifs is 1. The molecular weight excluding hydrogens is 511 g/mol. The number of esters is 3. The topological polar surface area (TPSA) is 165 Å². The molecule has 3 heterocycles. The Balaban J connectivity index is 1.53. The first-order chi connectivity index (χ1) is 17.5. The highest BCUT2D eigenvalue weighted by molar-refractivity contribution is 5.92. The first-order valence-electron chi connectivity index (χ1n) is 10.3. The van der Waals surface area contributed by atoms with E-state index in [1.54, 1.807) is 5.48 Å². The van der Waals surface area contributed by atoms with Crippen molar-refractivity contribution in [2.24, 2.45) is 0 Å². The third-order valence-electron chi connectivity index (χ3n) is 5.07. The van der Waals surface area contributed by atoms with Crippen molar-refractivity contribution in [3.63, 3.8) is 0 Å². The molecule has 1 saturated heterocycles. The SMILES string of the molecule is O=C1/C=C\C(=O)O[C@@H]2C(O1)[C@@H](COC(=O)c1ccc(OC(F)(F)F)cc1)O[C@H]2n1ccc(NO)nc1=O. The van der Waals surface area contributed by atoms with Crippen molar-refractivity contribution in [2.45, 2.75) is 30.9 Å². The molecule has 2 aliphatic heterocycles. The van der Waals surface area contributed by atoms with E-state index in [0.717, 1.165) is 41.0 Å². The van der Waals surface area contributed by atoms with Gasteiger partial charge in [0.2, 0.25) is 0 Å². The number of carbonyl (C=O) groups is 3. The second-order valence-electron chi connectivity index (χ2n) is 7.49. The quantitative estimate of drug-likeness (QED) is 0.313. The number of benzene rings is 1. The lowest BCUT2D eigenvalue weighted by molar-refractivity contribution is -0.274. The van der Waals surface area contributed by atoms with Gasteiger partial charge in [-0.05, 0) is 30.3 Å². The molecule has 2 N–H and O–H groups in total. The number of carbonyl (C=O) groups excluding carboxylic acids is 3. The van der Waals surface area contributed by atoms with E-state index in [4.69, 9.17) is 24.2 Å². The molecule has 0 aliphatic carbocycles. The van der Waals surface area contributed by atoms with Crippen molar-refractivity contribution in [3.05, 3.63) is 64.7 Å². The van der Waals surface area contributed by atoms with Gasteiger partial charge in [0.15, 0.2) is 24.3 Å². The summed E-state index contributed by atoms with van der Waals surface area (Å²) in [5, 5.41) is 8.93. The third-order valence-corrected chi connectivity index (χ3v) is 5.07. The predicted molar refractivity (Wildman–Crippen MR) is 110 cm³/mol. The van der Waals surface area contributed by atoms with Crippen molar-refractivity contribution in [1.82, 2.24) is 9.55 Å². The van der Waals surface area contributed by atoms with Crippen molar-refractivity contribution in [3.8, 4) is 5.75 Å². The molecule has 0 bridgehead atoms. The Kier molecular flexibility index (Phi) is 7.12. The Labute approximate surface area is 203 Å². The molecule has 1 aromatic carbocycles. The van der Waals surface area contributed by atoms with Gasteiger partial charge < -0.3 is 23.7 Å². The molecule has 2 aromatic rings. The Morgan fingerprint density at radius 2 is 1.70 bits per heavy atom. The fourth-order valence-corrected chi connectivity index (χ4v) is 3.52. The fraction of sp³-hybridized carbons (Fsp3) is 0.286. The minimum Gasteiger partial charge on any atom is -0.459 e. The van der Waals surface area contributed by atoms with Gasteiger partial charge >= 0.3 is 30.0 Å². The number of anilines is 1. The summed E-state index contributed by atoms with van der Waals surface area (Å²) in [4.78, 5) is 52.6. The fourth-order valence-electron chi connectivity index (χ4n) is 3.52. The highest BCUT2D eigenvalue weighted by atomic mass is 19.4. The molecule has 37 heavy (non-hydrogen) atoms. The number of ether oxygens (including phenoxy) is 5. The van der Waals surface area contributed by atoms with Crippen LogP contribution in [0.3, 0.4) is 0 Å². The normalized spacial score (nSPS) is 24.1. The Morgan fingerprint density at radius 1 is 1.05 bits per heavy atom. The van der Waals surface area contributed by atoms with E-state index < -0.39 is 66.9 Å². The van der Waals surface area contributed by atoms with E-state index in [0.29, 0.717) is 0 Å². The van der Waals surface area contributed by atoms with Crippen molar-refractivity contribution in [1.29, 1.82) is 0 Å². The maximum absolute atomic E-state index is 12.4. The lowest BCUT2D eigenvalue weighted by Gasteiger charge is -2.25. The molecule has 0 saturated carbocycles. The van der Waals surface area contributed by atoms with Gasteiger partial charge in [-0.2, -0.15) is 4.98 Å². The molecule has 1 fully saturated rings. The van der Waals surface area contributed by atoms with Crippen LogP contribution < -0.4 is 15.9 Å². The predicted octanol–water partition coefficient (Wildman–Crippen LogP) is 1.09. The lowest BCUT2D eigenvalue weighted by Crippen LogP contribution is -2.43. The molecule has 13 nitrogen and oxygen atoms in total. The van der Waals surface area contributed by atoms with E-state index in [1.807, 2.05) is 0 Å². The largest absolute Gasteiger partial charge is 0.573 e. The summed E-state index contributed by atoms with van der Waals surface area (Å²) in [6, 6.07) is 5.10. The van der Waals surface area contributed by atoms with Crippen LogP contribution in [0.5, 0.6) is 5.75 Å². The summed E-state index contributed by atoms with van der Waals surface area (Å²) in [5.41, 5.74) is 0.638. The van der Waals surface area contributed by atoms with Crippen LogP contribution in [0, 0.1) is 0 Å². The van der Waals surface area contributed by atoms with E-state index in [9.17, 15) is 32.3 Å². The summed E-state index contributed by atoms with van der Waals surface area (Å²) in [6.07, 6.45) is -7.42. The van der Waals surface area contributed by atoms with Crippen molar-refractivity contribution in [2.75, 3.05) is 12.1 Å². The number of halogens is 3. The summed E-state index contributed by atoms with van der Waals surface area (Å²) in [5.74, 6) is -3.57. The van der Waals surface area contributed by atoms with Gasteiger partial charge in [-0.25, -0.2) is 19.2 Å². The average Bonchev–Trinajstić information content (AvgIpc) is 3.15. The third kappa shape index (κ3) is 6.04. The summed E-state index contributed by atoms with van der Waals surface area (Å²) in [6.45, 7) is -0.565. The van der Waals surface area contributed by atoms with Crippen LogP contribution in [-0.4, -0.2) is 63.9 Å². The van der Waals surface area contributed by atoms with Gasteiger partial charge in [-0.3, -0.25) is 15.3 Å². The smallest absolute Gasteiger partial charge is 0.459 e. The summed E-state index contributed by atoms with van der Waals surface area (Å²) in [7, 11) is 0.